The molecule has 0 aliphatic rings. The number of rotatable bonds is 58. The molecule has 0 aliphatic carbocycles. The zero-order valence-corrected chi connectivity index (χ0v) is 55.9. The van der Waals surface area contributed by atoms with E-state index in [1.807, 2.05) is 0 Å². The SMILES string of the molecule is CC(C)CCCCCCC(=O)OCC(COCC(COC(=O)CCCCCCC(C)C)(COC(=O)CCCCCCC(C)C)COC(=O)CCCCCCC(C)C)(COC(=O)CCCCCCC(C)C)COC(=O)CCCCCCC(C)C. The lowest BCUT2D eigenvalue weighted by atomic mass is 9.90. The molecule has 0 bridgehead atoms. The van der Waals surface area contributed by atoms with E-state index in [4.69, 9.17) is 33.2 Å². The zero-order chi connectivity index (χ0) is 62.0. The van der Waals surface area contributed by atoms with E-state index in [0.29, 0.717) is 74.0 Å². The van der Waals surface area contributed by atoms with Crippen molar-refractivity contribution in [3.05, 3.63) is 0 Å². The molecule has 0 aromatic rings. The Balaban J connectivity index is 7.12. The number of hydrogen-bond donors (Lipinski definition) is 0. The van der Waals surface area contributed by atoms with Gasteiger partial charge in [-0.3, -0.25) is 28.8 Å². The van der Waals surface area contributed by atoms with Crippen LogP contribution >= 0.6 is 0 Å². The fourth-order valence-corrected chi connectivity index (χ4v) is 9.87. The van der Waals surface area contributed by atoms with Gasteiger partial charge in [-0.1, -0.05) is 237 Å². The van der Waals surface area contributed by atoms with Gasteiger partial charge in [0.05, 0.1) is 24.0 Å². The third-order valence-electron chi connectivity index (χ3n) is 15.5. The molecule has 83 heavy (non-hydrogen) atoms. The molecule has 13 heteroatoms. The van der Waals surface area contributed by atoms with E-state index < -0.39 is 46.6 Å². The molecular formula is C70H130O13. The Morgan fingerprint density at radius 3 is 0.506 bits per heavy atom. The Labute approximate surface area is 509 Å². The van der Waals surface area contributed by atoms with Gasteiger partial charge in [0.25, 0.3) is 0 Å². The Hall–Kier alpha value is -3.22. The second kappa shape index (κ2) is 52.0. The second-order valence-electron chi connectivity index (χ2n) is 27.5. The highest BCUT2D eigenvalue weighted by molar-refractivity contribution is 5.71. The van der Waals surface area contributed by atoms with Crippen LogP contribution in [0.2, 0.25) is 0 Å². The van der Waals surface area contributed by atoms with E-state index >= 15 is 0 Å². The van der Waals surface area contributed by atoms with Crippen molar-refractivity contribution in [3.63, 3.8) is 0 Å². The Morgan fingerprint density at radius 2 is 0.361 bits per heavy atom. The molecule has 0 heterocycles. The summed E-state index contributed by atoms with van der Waals surface area (Å²) >= 11 is 0. The maximum Gasteiger partial charge on any atom is 0.305 e. The van der Waals surface area contributed by atoms with Gasteiger partial charge in [0, 0.05) is 38.5 Å². The number of unbranched alkanes of at least 4 members (excludes halogenated alkanes) is 18. The first-order valence-corrected chi connectivity index (χ1v) is 34.1. The molecule has 0 atom stereocenters. The van der Waals surface area contributed by atoms with Crippen molar-refractivity contribution >= 4 is 35.8 Å². The molecule has 0 rings (SSSR count). The fourth-order valence-electron chi connectivity index (χ4n) is 9.87. The summed E-state index contributed by atoms with van der Waals surface area (Å²) in [6.07, 6.45) is 29.9. The van der Waals surface area contributed by atoms with Gasteiger partial charge in [0.15, 0.2) is 0 Å². The van der Waals surface area contributed by atoms with E-state index in [9.17, 15) is 28.8 Å². The molecule has 0 aliphatic heterocycles. The first-order valence-electron chi connectivity index (χ1n) is 34.1. The summed E-state index contributed by atoms with van der Waals surface area (Å²) in [5, 5.41) is 0. The summed E-state index contributed by atoms with van der Waals surface area (Å²) in [7, 11) is 0. The van der Waals surface area contributed by atoms with Crippen molar-refractivity contribution in [2.45, 2.75) is 314 Å². The van der Waals surface area contributed by atoms with Crippen molar-refractivity contribution in [1.29, 1.82) is 0 Å². The first kappa shape index (κ1) is 79.8. The van der Waals surface area contributed by atoms with Crippen molar-refractivity contribution in [2.75, 3.05) is 52.9 Å². The molecule has 13 nitrogen and oxygen atoms in total. The Kier molecular flexibility index (Phi) is 49.9. The van der Waals surface area contributed by atoms with Crippen molar-refractivity contribution in [3.8, 4) is 0 Å². The quantitative estimate of drug-likeness (QED) is 0.0321. The van der Waals surface area contributed by atoms with Crippen LogP contribution in [-0.2, 0) is 61.9 Å². The van der Waals surface area contributed by atoms with Gasteiger partial charge in [0.1, 0.15) is 39.6 Å². The molecule has 0 saturated heterocycles. The summed E-state index contributed by atoms with van der Waals surface area (Å²) in [6.45, 7) is 24.4. The van der Waals surface area contributed by atoms with E-state index in [-0.39, 0.29) is 91.4 Å². The topological polar surface area (TPSA) is 167 Å². The second-order valence-corrected chi connectivity index (χ2v) is 27.5. The number of carbonyl (C=O) groups is 6. The minimum Gasteiger partial charge on any atom is -0.465 e. The first-order chi connectivity index (χ1) is 39.6. The maximum atomic E-state index is 13.6. The minimum atomic E-state index is -1.36. The largest absolute Gasteiger partial charge is 0.465 e. The van der Waals surface area contributed by atoms with E-state index in [1.54, 1.807) is 0 Å². The molecule has 0 spiro atoms. The third kappa shape index (κ3) is 51.7. The number of ether oxygens (including phenoxy) is 7. The number of esters is 6. The molecule has 0 aromatic carbocycles. The van der Waals surface area contributed by atoms with Crippen molar-refractivity contribution in [2.24, 2.45) is 46.3 Å². The van der Waals surface area contributed by atoms with Crippen LogP contribution in [0.15, 0.2) is 0 Å². The van der Waals surface area contributed by atoms with Gasteiger partial charge in [-0.25, -0.2) is 0 Å². The van der Waals surface area contributed by atoms with Gasteiger partial charge >= 0.3 is 35.8 Å². The van der Waals surface area contributed by atoms with Crippen LogP contribution in [0, 0.1) is 46.3 Å². The van der Waals surface area contributed by atoms with Crippen LogP contribution in [0.5, 0.6) is 0 Å². The molecule has 0 radical (unpaired) electrons. The molecule has 0 aromatic heterocycles. The van der Waals surface area contributed by atoms with Crippen LogP contribution < -0.4 is 0 Å². The summed E-state index contributed by atoms with van der Waals surface area (Å²) in [5.41, 5.74) is -2.72. The van der Waals surface area contributed by atoms with Gasteiger partial charge < -0.3 is 33.2 Å². The predicted molar refractivity (Wildman–Crippen MR) is 337 cm³/mol. The van der Waals surface area contributed by atoms with Gasteiger partial charge in [-0.15, -0.1) is 0 Å². The summed E-state index contributed by atoms with van der Waals surface area (Å²) in [5.74, 6) is 1.19. The normalized spacial score (nSPS) is 12.1. The molecule has 0 saturated carbocycles. The van der Waals surface area contributed by atoms with Crippen LogP contribution in [0.4, 0.5) is 0 Å². The van der Waals surface area contributed by atoms with Crippen molar-refractivity contribution < 1.29 is 61.9 Å². The fraction of sp³-hybridized carbons (Fsp3) is 0.914. The van der Waals surface area contributed by atoms with Crippen molar-refractivity contribution in [1.82, 2.24) is 0 Å². The molecule has 488 valence electrons. The van der Waals surface area contributed by atoms with E-state index in [2.05, 4.69) is 83.1 Å². The minimum absolute atomic E-state index is 0.199. The summed E-state index contributed by atoms with van der Waals surface area (Å²) in [6, 6.07) is 0. The molecule has 0 amide bonds. The number of hydrogen-bond acceptors (Lipinski definition) is 13. The van der Waals surface area contributed by atoms with Crippen LogP contribution in [0.25, 0.3) is 0 Å². The average molecular weight is 1180 g/mol. The highest BCUT2D eigenvalue weighted by atomic mass is 16.6. The Bertz CT molecular complexity index is 1330. The van der Waals surface area contributed by atoms with Crippen LogP contribution in [0.3, 0.4) is 0 Å². The standard InChI is InChI=1S/C70H130O13/c1-57(2)37-25-13-19-31-43-63(71)78-51-69(52-79-64(72)44-32-20-14-26-38-58(3)4,53-80-65(73)45-33-21-15-27-39-59(5)6)49-77-50-70(54-81-66(74)46-34-22-16-28-40-60(7)8,55-82-67(75)47-35-23-17-29-41-61(9)10)56-83-68(76)48-36-24-18-30-42-62(11)12/h57-62H,13-56H2,1-12H3. The monoisotopic (exact) mass is 1180 g/mol. The van der Waals surface area contributed by atoms with Gasteiger partial charge in [-0.2, -0.15) is 0 Å². The highest BCUT2D eigenvalue weighted by Crippen LogP contribution is 2.28. The summed E-state index contributed by atoms with van der Waals surface area (Å²) in [4.78, 5) is 81.4. The number of carbonyl (C=O) groups excluding carboxylic acids is 6. The zero-order valence-electron chi connectivity index (χ0n) is 55.9. The average Bonchev–Trinajstić information content (AvgIpc) is 3.52. The lowest BCUT2D eigenvalue weighted by molar-refractivity contribution is -0.175. The molecule has 0 N–H and O–H groups in total. The maximum absolute atomic E-state index is 13.6. The van der Waals surface area contributed by atoms with Crippen LogP contribution in [-0.4, -0.2) is 88.7 Å². The smallest absolute Gasteiger partial charge is 0.305 e. The van der Waals surface area contributed by atoms with E-state index in [0.717, 1.165) is 154 Å². The summed E-state index contributed by atoms with van der Waals surface area (Å²) < 4.78 is 42.9. The Morgan fingerprint density at radius 1 is 0.217 bits per heavy atom. The van der Waals surface area contributed by atoms with Crippen LogP contribution in [0.1, 0.15) is 314 Å². The predicted octanol–water partition coefficient (Wildman–Crippen LogP) is 18.2. The highest BCUT2D eigenvalue weighted by Gasteiger charge is 2.41. The molecular weight excluding hydrogens is 1050 g/mol. The van der Waals surface area contributed by atoms with E-state index in [1.165, 1.54) is 0 Å². The van der Waals surface area contributed by atoms with Gasteiger partial charge in [-0.05, 0) is 74.0 Å². The molecule has 0 unspecified atom stereocenters. The molecule has 0 fully saturated rings. The lowest BCUT2D eigenvalue weighted by Gasteiger charge is -2.35. The lowest BCUT2D eigenvalue weighted by Crippen LogP contribution is -2.47. The van der Waals surface area contributed by atoms with Gasteiger partial charge in [0.2, 0.25) is 0 Å². The third-order valence-corrected chi connectivity index (χ3v) is 15.5.